The highest BCUT2D eigenvalue weighted by atomic mass is 16.5. The van der Waals surface area contributed by atoms with Crippen LogP contribution in [0.2, 0.25) is 0 Å². The minimum atomic E-state index is -0.102. The van der Waals surface area contributed by atoms with Crippen molar-refractivity contribution < 1.29 is 18.7 Å². The van der Waals surface area contributed by atoms with Crippen molar-refractivity contribution in [3.63, 3.8) is 0 Å². The second-order valence-electron chi connectivity index (χ2n) is 9.92. The van der Waals surface area contributed by atoms with Gasteiger partial charge in [0.1, 0.15) is 22.6 Å². The summed E-state index contributed by atoms with van der Waals surface area (Å²) in [5.41, 5.74) is 3.39. The lowest BCUT2D eigenvalue weighted by Gasteiger charge is -2.37. The summed E-state index contributed by atoms with van der Waals surface area (Å²) < 4.78 is 13.8. The van der Waals surface area contributed by atoms with Gasteiger partial charge in [0.2, 0.25) is 0 Å². The molecule has 0 radical (unpaired) electrons. The van der Waals surface area contributed by atoms with Crippen molar-refractivity contribution in [1.82, 2.24) is 19.8 Å². The molecule has 4 aromatic rings. The van der Waals surface area contributed by atoms with Gasteiger partial charge in [-0.1, -0.05) is 6.92 Å². The first-order valence-electron chi connectivity index (χ1n) is 12.1. The van der Waals surface area contributed by atoms with Crippen LogP contribution in [0.4, 0.5) is 0 Å². The van der Waals surface area contributed by atoms with Crippen molar-refractivity contribution in [3.05, 3.63) is 59.1 Å². The van der Waals surface area contributed by atoms with Crippen LogP contribution < -0.4 is 10.1 Å². The third kappa shape index (κ3) is 3.83. The van der Waals surface area contributed by atoms with E-state index in [-0.39, 0.29) is 11.8 Å². The zero-order valence-corrected chi connectivity index (χ0v) is 20.1. The number of nitrogens with zero attached hydrogens (tertiary/aromatic N) is 3. The molecule has 35 heavy (non-hydrogen) atoms. The Balaban J connectivity index is 1.29. The fourth-order valence-electron chi connectivity index (χ4n) is 4.88. The maximum Gasteiger partial charge on any atom is 0.255 e. The molecule has 1 aromatic carbocycles. The van der Waals surface area contributed by atoms with Gasteiger partial charge in [-0.25, -0.2) is 4.52 Å². The number of aromatic nitrogens is 2. The molecule has 8 nitrogen and oxygen atoms in total. The molecular weight excluding hydrogens is 444 g/mol. The molecule has 1 saturated carbocycles. The second-order valence-corrected chi connectivity index (χ2v) is 9.92. The smallest absolute Gasteiger partial charge is 0.255 e. The van der Waals surface area contributed by atoms with Crippen LogP contribution in [0.1, 0.15) is 51.8 Å². The van der Waals surface area contributed by atoms with Crippen LogP contribution in [0.5, 0.6) is 11.5 Å². The third-order valence-corrected chi connectivity index (χ3v) is 7.01. The Labute approximate surface area is 202 Å². The number of benzene rings is 1. The summed E-state index contributed by atoms with van der Waals surface area (Å²) in [7, 11) is 0. The van der Waals surface area contributed by atoms with E-state index < -0.39 is 0 Å². The molecule has 1 N–H and O–H groups in total. The number of amides is 2. The van der Waals surface area contributed by atoms with Crippen LogP contribution in [-0.2, 0) is 0 Å². The second kappa shape index (κ2) is 8.15. The first-order chi connectivity index (χ1) is 16.9. The molecule has 2 fully saturated rings. The third-order valence-electron chi connectivity index (χ3n) is 7.01. The number of hydrogen-bond donors (Lipinski definition) is 1. The number of ether oxygens (including phenoxy) is 1. The molecule has 0 bridgehead atoms. The number of furan rings is 1. The summed E-state index contributed by atoms with van der Waals surface area (Å²) in [6, 6.07) is 7.27. The van der Waals surface area contributed by atoms with Crippen molar-refractivity contribution >= 4 is 28.3 Å². The molecule has 1 aliphatic carbocycles. The van der Waals surface area contributed by atoms with E-state index in [9.17, 15) is 9.59 Å². The fourth-order valence-corrected chi connectivity index (χ4v) is 4.88. The summed E-state index contributed by atoms with van der Waals surface area (Å²) in [4.78, 5) is 27.6. The standard InChI is InChI=1S/C27H28N4O4/c1-15-12-30(13-15)27(33)21-14-31-25(16(21)2)22(8-9-29-31)35-19-6-7-20-23(10-19)34-17(3)24(20)26(32)28-11-18-4-5-18/h6-10,14-15,18H,4-5,11-13H2,1-3H3,(H,28,32). The van der Waals surface area contributed by atoms with Crippen molar-refractivity contribution in [2.24, 2.45) is 11.8 Å². The van der Waals surface area contributed by atoms with Crippen LogP contribution in [0.25, 0.3) is 16.5 Å². The normalized spacial score (nSPS) is 16.0. The molecule has 2 aliphatic rings. The number of hydrogen-bond acceptors (Lipinski definition) is 5. The lowest BCUT2D eigenvalue weighted by Crippen LogP contribution is -2.48. The molecule has 4 heterocycles. The predicted octanol–water partition coefficient (Wildman–Crippen LogP) is 4.72. The zero-order valence-electron chi connectivity index (χ0n) is 20.1. The molecule has 0 spiro atoms. The Morgan fingerprint density at radius 1 is 1.20 bits per heavy atom. The summed E-state index contributed by atoms with van der Waals surface area (Å²) >= 11 is 0. The van der Waals surface area contributed by atoms with Gasteiger partial charge in [-0.15, -0.1) is 0 Å². The molecule has 0 unspecified atom stereocenters. The highest BCUT2D eigenvalue weighted by Crippen LogP contribution is 2.35. The molecule has 180 valence electrons. The molecule has 1 saturated heterocycles. The first kappa shape index (κ1) is 21.7. The average molecular weight is 473 g/mol. The van der Waals surface area contributed by atoms with E-state index >= 15 is 0 Å². The van der Waals surface area contributed by atoms with E-state index in [1.165, 1.54) is 12.8 Å². The Bertz CT molecular complexity index is 1470. The van der Waals surface area contributed by atoms with Gasteiger partial charge in [0.25, 0.3) is 11.8 Å². The van der Waals surface area contributed by atoms with E-state index in [4.69, 9.17) is 9.15 Å². The number of nitrogens with one attached hydrogen (secondary N) is 1. The zero-order chi connectivity index (χ0) is 24.3. The van der Waals surface area contributed by atoms with Crippen LogP contribution in [0.3, 0.4) is 0 Å². The number of fused-ring (bicyclic) bond motifs is 2. The average Bonchev–Trinajstić information content (AvgIpc) is 3.50. The molecule has 2 amide bonds. The van der Waals surface area contributed by atoms with Crippen molar-refractivity contribution in [3.8, 4) is 11.5 Å². The van der Waals surface area contributed by atoms with E-state index in [0.29, 0.717) is 52.3 Å². The molecule has 3 aromatic heterocycles. The minimum absolute atomic E-state index is 0.0250. The largest absolute Gasteiger partial charge is 0.460 e. The summed E-state index contributed by atoms with van der Waals surface area (Å²) in [6.45, 7) is 8.14. The van der Waals surface area contributed by atoms with Crippen molar-refractivity contribution in [2.75, 3.05) is 19.6 Å². The van der Waals surface area contributed by atoms with Crippen LogP contribution in [0, 0.1) is 25.7 Å². The maximum atomic E-state index is 13.0. The lowest BCUT2D eigenvalue weighted by atomic mass is 10.0. The minimum Gasteiger partial charge on any atom is -0.460 e. The quantitative estimate of drug-likeness (QED) is 0.439. The molecule has 0 atom stereocenters. The number of rotatable bonds is 6. The van der Waals surface area contributed by atoms with Crippen molar-refractivity contribution in [1.29, 1.82) is 0 Å². The SMILES string of the molecule is Cc1oc2cc(Oc3ccnn4cc(C(=O)N5CC(C)C5)c(C)c34)ccc2c1C(=O)NCC1CC1. The highest BCUT2D eigenvalue weighted by molar-refractivity contribution is 6.07. The predicted molar refractivity (Wildman–Crippen MR) is 131 cm³/mol. The van der Waals surface area contributed by atoms with Crippen LogP contribution >= 0.6 is 0 Å². The Hall–Kier alpha value is -3.81. The Morgan fingerprint density at radius 2 is 2.00 bits per heavy atom. The van der Waals surface area contributed by atoms with E-state index in [1.807, 2.05) is 24.0 Å². The Morgan fingerprint density at radius 3 is 2.74 bits per heavy atom. The monoisotopic (exact) mass is 472 g/mol. The highest BCUT2D eigenvalue weighted by Gasteiger charge is 2.30. The van der Waals surface area contributed by atoms with Gasteiger partial charge in [0, 0.05) is 43.4 Å². The summed E-state index contributed by atoms with van der Waals surface area (Å²) in [5, 5.41) is 8.17. The van der Waals surface area contributed by atoms with E-state index in [2.05, 4.69) is 17.3 Å². The van der Waals surface area contributed by atoms with Gasteiger partial charge in [-0.2, -0.15) is 5.10 Å². The summed E-state index contributed by atoms with van der Waals surface area (Å²) in [6.07, 6.45) is 5.79. The summed E-state index contributed by atoms with van der Waals surface area (Å²) in [5.74, 6) is 2.83. The topological polar surface area (TPSA) is 89.1 Å². The van der Waals surface area contributed by atoms with Gasteiger partial charge < -0.3 is 19.4 Å². The van der Waals surface area contributed by atoms with Crippen molar-refractivity contribution in [2.45, 2.75) is 33.6 Å². The molecule has 6 rings (SSSR count). The van der Waals surface area contributed by atoms with E-state index in [1.54, 1.807) is 36.0 Å². The lowest BCUT2D eigenvalue weighted by molar-refractivity contribution is 0.0529. The van der Waals surface area contributed by atoms with Gasteiger partial charge >= 0.3 is 0 Å². The molecular formula is C27H28N4O4. The van der Waals surface area contributed by atoms with Gasteiger partial charge in [0.15, 0.2) is 5.75 Å². The number of carbonyl (C=O) groups is 2. The van der Waals surface area contributed by atoms with Gasteiger partial charge in [-0.3, -0.25) is 9.59 Å². The Kier molecular flexibility index (Phi) is 5.05. The van der Waals surface area contributed by atoms with Crippen LogP contribution in [0.15, 0.2) is 41.1 Å². The number of likely N-dealkylation sites (tertiary alicyclic amines) is 1. The van der Waals surface area contributed by atoms with E-state index in [0.717, 1.165) is 29.6 Å². The fraction of sp³-hybridized carbons (Fsp3) is 0.370. The van der Waals surface area contributed by atoms with Gasteiger partial charge in [-0.05, 0) is 56.2 Å². The van der Waals surface area contributed by atoms with Gasteiger partial charge in [0.05, 0.1) is 17.3 Å². The molecule has 1 aliphatic heterocycles. The number of aryl methyl sites for hydroxylation is 2. The van der Waals surface area contributed by atoms with Crippen LogP contribution in [-0.4, -0.2) is 46.0 Å². The maximum absolute atomic E-state index is 13.0. The molecule has 8 heteroatoms. The first-order valence-corrected chi connectivity index (χ1v) is 12.1. The number of carbonyl (C=O) groups excluding carboxylic acids is 2.